The van der Waals surface area contributed by atoms with E-state index in [-0.39, 0.29) is 17.8 Å². The zero-order chi connectivity index (χ0) is 16.6. The molecule has 2 aliphatic rings. The lowest BCUT2D eigenvalue weighted by Gasteiger charge is -2.40. The van der Waals surface area contributed by atoms with E-state index in [1.807, 2.05) is 24.3 Å². The number of halogens is 1. The summed E-state index contributed by atoms with van der Waals surface area (Å²) in [4.78, 5) is 12.9. The Bertz CT molecular complexity index is 751. The van der Waals surface area contributed by atoms with Crippen molar-refractivity contribution < 1.29 is 18.7 Å². The largest absolute Gasteiger partial charge is 0.490 e. The van der Waals surface area contributed by atoms with Gasteiger partial charge in [0, 0.05) is 11.3 Å². The lowest BCUT2D eigenvalue weighted by atomic mass is 9.77. The first-order chi connectivity index (χ1) is 11.7. The summed E-state index contributed by atoms with van der Waals surface area (Å²) in [6, 6.07) is 13.4. The zero-order valence-corrected chi connectivity index (χ0v) is 13.1. The monoisotopic (exact) mass is 327 g/mol. The van der Waals surface area contributed by atoms with E-state index < -0.39 is 5.41 Å². The van der Waals surface area contributed by atoms with Gasteiger partial charge in [-0.1, -0.05) is 18.2 Å². The van der Waals surface area contributed by atoms with E-state index in [1.165, 1.54) is 12.1 Å². The van der Waals surface area contributed by atoms with Crippen LogP contribution in [0.1, 0.15) is 18.4 Å². The minimum absolute atomic E-state index is 0.160. The highest BCUT2D eigenvalue weighted by Gasteiger charge is 2.49. The van der Waals surface area contributed by atoms with Crippen molar-refractivity contribution in [2.75, 3.05) is 18.5 Å². The fourth-order valence-corrected chi connectivity index (χ4v) is 2.83. The van der Waals surface area contributed by atoms with E-state index in [0.717, 1.165) is 24.2 Å². The SMILES string of the molecule is O=C(Nc1ccc(F)cc1)C1(c2ccccc2OC2CC2)COC1. The third kappa shape index (κ3) is 2.76. The molecule has 1 N–H and O–H groups in total. The third-order valence-electron chi connectivity index (χ3n) is 4.45. The predicted octanol–water partition coefficient (Wildman–Crippen LogP) is 3.27. The van der Waals surface area contributed by atoms with Crippen molar-refractivity contribution in [2.24, 2.45) is 0 Å². The summed E-state index contributed by atoms with van der Waals surface area (Å²) in [5.74, 6) is 0.252. The number of hydrogen-bond acceptors (Lipinski definition) is 3. The fourth-order valence-electron chi connectivity index (χ4n) is 2.83. The molecule has 0 radical (unpaired) electrons. The summed E-state index contributed by atoms with van der Waals surface area (Å²) >= 11 is 0. The molecule has 1 saturated carbocycles. The van der Waals surface area contributed by atoms with Gasteiger partial charge in [-0.2, -0.15) is 0 Å². The van der Waals surface area contributed by atoms with Crippen molar-refractivity contribution >= 4 is 11.6 Å². The van der Waals surface area contributed by atoms with Crippen LogP contribution in [0.2, 0.25) is 0 Å². The van der Waals surface area contributed by atoms with Gasteiger partial charge in [0.2, 0.25) is 5.91 Å². The summed E-state index contributed by atoms with van der Waals surface area (Å²) in [5.41, 5.74) is 0.649. The summed E-state index contributed by atoms with van der Waals surface area (Å²) in [6.45, 7) is 0.621. The molecule has 0 aromatic heterocycles. The maximum absolute atomic E-state index is 13.0. The Morgan fingerprint density at radius 3 is 2.46 bits per heavy atom. The molecular weight excluding hydrogens is 309 g/mol. The number of carbonyl (C=O) groups excluding carboxylic acids is 1. The lowest BCUT2D eigenvalue weighted by molar-refractivity contribution is -0.139. The molecule has 2 fully saturated rings. The summed E-state index contributed by atoms with van der Waals surface area (Å²) < 4.78 is 24.4. The van der Waals surface area contributed by atoms with Gasteiger partial charge < -0.3 is 14.8 Å². The highest BCUT2D eigenvalue weighted by Crippen LogP contribution is 2.41. The predicted molar refractivity (Wildman–Crippen MR) is 87.6 cm³/mol. The Hall–Kier alpha value is -2.40. The van der Waals surface area contributed by atoms with E-state index in [4.69, 9.17) is 9.47 Å². The van der Waals surface area contributed by atoms with Crippen LogP contribution in [0.4, 0.5) is 10.1 Å². The molecule has 1 aliphatic heterocycles. The molecule has 2 aromatic rings. The standard InChI is InChI=1S/C19H18FNO3/c20-13-5-7-14(8-6-13)21-18(22)19(11-23-12-19)16-3-1-2-4-17(16)24-15-9-10-15/h1-8,15H,9-12H2,(H,21,22). The van der Waals surface area contributed by atoms with Crippen molar-refractivity contribution in [3.05, 3.63) is 59.9 Å². The Morgan fingerprint density at radius 2 is 1.83 bits per heavy atom. The average molecular weight is 327 g/mol. The van der Waals surface area contributed by atoms with Crippen LogP contribution in [0.15, 0.2) is 48.5 Å². The van der Waals surface area contributed by atoms with E-state index in [9.17, 15) is 9.18 Å². The molecule has 0 unspecified atom stereocenters. The van der Waals surface area contributed by atoms with Crippen LogP contribution in [-0.4, -0.2) is 25.2 Å². The Kier molecular flexibility index (Phi) is 3.73. The summed E-state index contributed by atoms with van der Waals surface area (Å²) in [5, 5.41) is 2.87. The van der Waals surface area contributed by atoms with Crippen LogP contribution < -0.4 is 10.1 Å². The number of rotatable bonds is 5. The molecule has 2 aromatic carbocycles. The molecule has 124 valence electrons. The van der Waals surface area contributed by atoms with Crippen molar-refractivity contribution in [2.45, 2.75) is 24.4 Å². The van der Waals surface area contributed by atoms with Crippen molar-refractivity contribution in [3.63, 3.8) is 0 Å². The fraction of sp³-hybridized carbons (Fsp3) is 0.316. The molecule has 1 amide bonds. The van der Waals surface area contributed by atoms with Crippen molar-refractivity contribution in [3.8, 4) is 5.75 Å². The number of hydrogen-bond donors (Lipinski definition) is 1. The normalized spacial score (nSPS) is 18.5. The maximum Gasteiger partial charge on any atom is 0.239 e. The van der Waals surface area contributed by atoms with Gasteiger partial charge in [-0.25, -0.2) is 4.39 Å². The van der Waals surface area contributed by atoms with Gasteiger partial charge in [0.05, 0.1) is 19.3 Å². The van der Waals surface area contributed by atoms with Crippen LogP contribution in [0, 0.1) is 5.82 Å². The highest BCUT2D eigenvalue weighted by molar-refractivity contribution is 6.00. The topological polar surface area (TPSA) is 47.6 Å². The van der Waals surface area contributed by atoms with E-state index in [2.05, 4.69) is 5.32 Å². The van der Waals surface area contributed by atoms with Crippen LogP contribution in [0.3, 0.4) is 0 Å². The number of amides is 1. The first-order valence-corrected chi connectivity index (χ1v) is 8.08. The lowest BCUT2D eigenvalue weighted by Crippen LogP contribution is -2.55. The van der Waals surface area contributed by atoms with Gasteiger partial charge in [-0.3, -0.25) is 4.79 Å². The van der Waals surface area contributed by atoms with Crippen LogP contribution in [0.25, 0.3) is 0 Å². The molecule has 24 heavy (non-hydrogen) atoms. The number of ether oxygens (including phenoxy) is 2. The van der Waals surface area contributed by atoms with Crippen molar-refractivity contribution in [1.29, 1.82) is 0 Å². The second kappa shape index (κ2) is 5.91. The number of nitrogens with one attached hydrogen (secondary N) is 1. The number of para-hydroxylation sites is 1. The van der Waals surface area contributed by atoms with Crippen LogP contribution in [0.5, 0.6) is 5.75 Å². The van der Waals surface area contributed by atoms with E-state index in [0.29, 0.717) is 18.9 Å². The van der Waals surface area contributed by atoms with Gasteiger partial charge >= 0.3 is 0 Å². The molecular formula is C19H18FNO3. The Labute approximate surface area is 139 Å². The minimum Gasteiger partial charge on any atom is -0.490 e. The molecule has 4 nitrogen and oxygen atoms in total. The third-order valence-corrected chi connectivity index (χ3v) is 4.45. The van der Waals surface area contributed by atoms with Gasteiger partial charge in [0.25, 0.3) is 0 Å². The van der Waals surface area contributed by atoms with E-state index >= 15 is 0 Å². The Morgan fingerprint density at radius 1 is 1.12 bits per heavy atom. The molecule has 0 atom stereocenters. The molecule has 1 heterocycles. The van der Waals surface area contributed by atoms with Gasteiger partial charge in [0.1, 0.15) is 17.0 Å². The van der Waals surface area contributed by atoms with Crippen molar-refractivity contribution in [1.82, 2.24) is 0 Å². The Balaban J connectivity index is 1.61. The summed E-state index contributed by atoms with van der Waals surface area (Å²) in [6.07, 6.45) is 2.36. The summed E-state index contributed by atoms with van der Waals surface area (Å²) in [7, 11) is 0. The first-order valence-electron chi connectivity index (χ1n) is 8.08. The maximum atomic E-state index is 13.0. The molecule has 0 spiro atoms. The molecule has 1 saturated heterocycles. The first kappa shape index (κ1) is 15.1. The van der Waals surface area contributed by atoms with Crippen LogP contribution >= 0.6 is 0 Å². The molecule has 5 heteroatoms. The quantitative estimate of drug-likeness (QED) is 0.917. The zero-order valence-electron chi connectivity index (χ0n) is 13.1. The average Bonchev–Trinajstić information content (AvgIpc) is 3.34. The van der Waals surface area contributed by atoms with Crippen LogP contribution in [-0.2, 0) is 14.9 Å². The molecule has 0 bridgehead atoms. The smallest absolute Gasteiger partial charge is 0.239 e. The second-order valence-corrected chi connectivity index (χ2v) is 6.35. The number of anilines is 1. The van der Waals surface area contributed by atoms with E-state index in [1.54, 1.807) is 12.1 Å². The molecule has 4 rings (SSSR count). The highest BCUT2D eigenvalue weighted by atomic mass is 19.1. The van der Waals surface area contributed by atoms with Gasteiger partial charge in [-0.15, -0.1) is 0 Å². The minimum atomic E-state index is -0.764. The number of benzene rings is 2. The van der Waals surface area contributed by atoms with Gasteiger partial charge in [-0.05, 0) is 43.2 Å². The second-order valence-electron chi connectivity index (χ2n) is 6.35. The van der Waals surface area contributed by atoms with Gasteiger partial charge in [0.15, 0.2) is 0 Å². The molecule has 1 aliphatic carbocycles. The number of carbonyl (C=O) groups is 1.